The quantitative estimate of drug-likeness (QED) is 0.844. The maximum atomic E-state index is 5.97. The number of benzene rings is 1. The van der Waals surface area contributed by atoms with Gasteiger partial charge in [0.25, 0.3) is 0 Å². The van der Waals surface area contributed by atoms with E-state index in [4.69, 9.17) is 5.73 Å². The molecule has 1 heterocycles. The van der Waals surface area contributed by atoms with Crippen LogP contribution in [0.15, 0.2) is 30.3 Å². The first-order chi connectivity index (χ1) is 8.34. The van der Waals surface area contributed by atoms with Crippen molar-refractivity contribution in [3.8, 4) is 0 Å². The van der Waals surface area contributed by atoms with Gasteiger partial charge < -0.3 is 10.6 Å². The van der Waals surface area contributed by atoms with Crippen molar-refractivity contribution >= 4 is 24.2 Å². The molecular weight excluding hydrogens is 264 g/mol. The van der Waals surface area contributed by atoms with Crippen LogP contribution in [0.25, 0.3) is 0 Å². The standard InChI is InChI=1S/C14H22N2S.ClH/c15-14-7-4-8-16(11-14)9-10-17-12-13-5-2-1-3-6-13;/h1-3,5-6,14H,4,7-12,15H2;1H/t14-;/m1./s1. The summed E-state index contributed by atoms with van der Waals surface area (Å²) in [5.74, 6) is 2.34. The van der Waals surface area contributed by atoms with Crippen molar-refractivity contribution in [2.45, 2.75) is 24.6 Å². The van der Waals surface area contributed by atoms with Crippen molar-refractivity contribution < 1.29 is 0 Å². The molecule has 0 saturated carbocycles. The minimum atomic E-state index is 0. The summed E-state index contributed by atoms with van der Waals surface area (Å²) in [4.78, 5) is 2.51. The molecule has 2 rings (SSSR count). The van der Waals surface area contributed by atoms with E-state index >= 15 is 0 Å². The second kappa shape index (κ2) is 8.81. The third-order valence-electron chi connectivity index (χ3n) is 3.21. The summed E-state index contributed by atoms with van der Waals surface area (Å²) in [6, 6.07) is 11.1. The minimum absolute atomic E-state index is 0. The molecule has 1 fully saturated rings. The first-order valence-electron chi connectivity index (χ1n) is 6.44. The van der Waals surface area contributed by atoms with Crippen molar-refractivity contribution in [1.82, 2.24) is 4.90 Å². The largest absolute Gasteiger partial charge is 0.327 e. The van der Waals surface area contributed by atoms with Crippen LogP contribution >= 0.6 is 24.2 Å². The molecule has 4 heteroatoms. The van der Waals surface area contributed by atoms with E-state index in [2.05, 4.69) is 35.2 Å². The highest BCUT2D eigenvalue weighted by Gasteiger charge is 2.15. The number of hydrogen-bond donors (Lipinski definition) is 1. The Balaban J connectivity index is 0.00000162. The van der Waals surface area contributed by atoms with E-state index in [9.17, 15) is 0 Å². The normalized spacial score (nSPS) is 20.4. The van der Waals surface area contributed by atoms with Crippen LogP contribution in [0.4, 0.5) is 0 Å². The highest BCUT2D eigenvalue weighted by atomic mass is 35.5. The third-order valence-corrected chi connectivity index (χ3v) is 4.21. The minimum Gasteiger partial charge on any atom is -0.327 e. The van der Waals surface area contributed by atoms with E-state index in [1.807, 2.05) is 11.8 Å². The maximum absolute atomic E-state index is 5.97. The Morgan fingerprint density at radius 1 is 1.28 bits per heavy atom. The van der Waals surface area contributed by atoms with Gasteiger partial charge in [0.05, 0.1) is 0 Å². The fourth-order valence-electron chi connectivity index (χ4n) is 2.25. The lowest BCUT2D eigenvalue weighted by Crippen LogP contribution is -2.43. The lowest BCUT2D eigenvalue weighted by atomic mass is 10.1. The first kappa shape index (κ1) is 15.8. The predicted molar refractivity (Wildman–Crippen MR) is 83.5 cm³/mol. The van der Waals surface area contributed by atoms with Crippen molar-refractivity contribution in [2.24, 2.45) is 5.73 Å². The summed E-state index contributed by atoms with van der Waals surface area (Å²) in [5.41, 5.74) is 7.40. The molecule has 0 bridgehead atoms. The van der Waals surface area contributed by atoms with Crippen LogP contribution in [0.1, 0.15) is 18.4 Å². The molecular formula is C14H23ClN2S. The fraction of sp³-hybridized carbons (Fsp3) is 0.571. The van der Waals surface area contributed by atoms with Gasteiger partial charge in [0.15, 0.2) is 0 Å². The molecule has 1 aromatic rings. The van der Waals surface area contributed by atoms with Crippen LogP contribution in [0.2, 0.25) is 0 Å². The van der Waals surface area contributed by atoms with Crippen LogP contribution in [0, 0.1) is 0 Å². The summed E-state index contributed by atoms with van der Waals surface area (Å²) in [6.07, 6.45) is 2.47. The highest BCUT2D eigenvalue weighted by Crippen LogP contribution is 2.13. The number of nitrogens with zero attached hydrogens (tertiary/aromatic N) is 1. The van der Waals surface area contributed by atoms with Crippen molar-refractivity contribution in [2.75, 3.05) is 25.4 Å². The van der Waals surface area contributed by atoms with Gasteiger partial charge in [0, 0.05) is 30.6 Å². The Bertz CT molecular complexity index is 321. The van der Waals surface area contributed by atoms with E-state index < -0.39 is 0 Å². The van der Waals surface area contributed by atoms with Crippen LogP contribution in [-0.4, -0.2) is 36.3 Å². The number of thioether (sulfide) groups is 1. The van der Waals surface area contributed by atoms with Gasteiger partial charge in [0.2, 0.25) is 0 Å². The third kappa shape index (κ3) is 5.61. The zero-order chi connectivity index (χ0) is 11.9. The lowest BCUT2D eigenvalue weighted by Gasteiger charge is -2.30. The fourth-order valence-corrected chi connectivity index (χ4v) is 3.21. The maximum Gasteiger partial charge on any atom is 0.0185 e. The summed E-state index contributed by atoms with van der Waals surface area (Å²) in [5, 5.41) is 0. The molecule has 0 aliphatic carbocycles. The lowest BCUT2D eigenvalue weighted by molar-refractivity contribution is 0.221. The van der Waals surface area contributed by atoms with E-state index in [0.29, 0.717) is 6.04 Å². The molecule has 1 aliphatic rings. The Kier molecular flexibility index (Phi) is 7.75. The predicted octanol–water partition coefficient (Wildman–Crippen LogP) is 2.76. The smallest absolute Gasteiger partial charge is 0.0185 e. The van der Waals surface area contributed by atoms with Crippen LogP contribution in [0.3, 0.4) is 0 Å². The Morgan fingerprint density at radius 3 is 2.78 bits per heavy atom. The van der Waals surface area contributed by atoms with Gasteiger partial charge in [-0.15, -0.1) is 12.4 Å². The second-order valence-corrected chi connectivity index (χ2v) is 5.85. The number of likely N-dealkylation sites (tertiary alicyclic amines) is 1. The summed E-state index contributed by atoms with van der Waals surface area (Å²) >= 11 is 2.02. The summed E-state index contributed by atoms with van der Waals surface area (Å²) in [7, 11) is 0. The Morgan fingerprint density at radius 2 is 2.06 bits per heavy atom. The van der Waals surface area contributed by atoms with Gasteiger partial charge in [-0.05, 0) is 24.9 Å². The van der Waals surface area contributed by atoms with Crippen LogP contribution < -0.4 is 5.73 Å². The summed E-state index contributed by atoms with van der Waals surface area (Å²) < 4.78 is 0. The Labute approximate surface area is 121 Å². The second-order valence-electron chi connectivity index (χ2n) is 4.74. The zero-order valence-corrected chi connectivity index (χ0v) is 12.4. The van der Waals surface area contributed by atoms with Crippen LogP contribution in [0.5, 0.6) is 0 Å². The average Bonchev–Trinajstić information content (AvgIpc) is 2.36. The molecule has 0 unspecified atom stereocenters. The molecule has 0 aromatic heterocycles. The number of rotatable bonds is 5. The van der Waals surface area contributed by atoms with Crippen molar-refractivity contribution in [3.05, 3.63) is 35.9 Å². The number of halogens is 1. The van der Waals surface area contributed by atoms with Gasteiger partial charge in [-0.2, -0.15) is 11.8 Å². The van der Waals surface area contributed by atoms with E-state index in [1.54, 1.807) is 0 Å². The molecule has 2 nitrogen and oxygen atoms in total. The number of hydrogen-bond acceptors (Lipinski definition) is 3. The molecule has 0 spiro atoms. The SMILES string of the molecule is Cl.N[C@@H]1CCCN(CCSCc2ccccc2)C1. The molecule has 0 amide bonds. The molecule has 1 aromatic carbocycles. The highest BCUT2D eigenvalue weighted by molar-refractivity contribution is 7.98. The number of piperidine rings is 1. The average molecular weight is 287 g/mol. The van der Waals surface area contributed by atoms with Gasteiger partial charge in [-0.3, -0.25) is 0 Å². The molecule has 1 saturated heterocycles. The topological polar surface area (TPSA) is 29.3 Å². The van der Waals surface area contributed by atoms with Crippen LogP contribution in [-0.2, 0) is 5.75 Å². The molecule has 2 N–H and O–H groups in total. The van der Waals surface area contributed by atoms with Gasteiger partial charge in [0.1, 0.15) is 0 Å². The van der Waals surface area contributed by atoms with E-state index in [0.717, 1.165) is 12.3 Å². The first-order valence-corrected chi connectivity index (χ1v) is 7.59. The molecule has 18 heavy (non-hydrogen) atoms. The van der Waals surface area contributed by atoms with E-state index in [1.165, 1.54) is 37.2 Å². The van der Waals surface area contributed by atoms with E-state index in [-0.39, 0.29) is 12.4 Å². The number of nitrogens with two attached hydrogens (primary N) is 1. The molecule has 1 aliphatic heterocycles. The monoisotopic (exact) mass is 286 g/mol. The Hall–Kier alpha value is -0.220. The van der Waals surface area contributed by atoms with Crippen molar-refractivity contribution in [1.29, 1.82) is 0 Å². The van der Waals surface area contributed by atoms with Gasteiger partial charge >= 0.3 is 0 Å². The molecule has 102 valence electrons. The van der Waals surface area contributed by atoms with Gasteiger partial charge in [-0.1, -0.05) is 30.3 Å². The molecule has 0 radical (unpaired) electrons. The van der Waals surface area contributed by atoms with Gasteiger partial charge in [-0.25, -0.2) is 0 Å². The molecule has 1 atom stereocenters. The zero-order valence-electron chi connectivity index (χ0n) is 10.8. The van der Waals surface area contributed by atoms with Crippen molar-refractivity contribution in [3.63, 3.8) is 0 Å². The summed E-state index contributed by atoms with van der Waals surface area (Å²) in [6.45, 7) is 3.51.